The normalized spacial score (nSPS) is 19.5. The average Bonchev–Trinajstić information content (AvgIpc) is 2.90. The second-order valence-corrected chi connectivity index (χ2v) is 10.1. The molecule has 2 atom stereocenters. The van der Waals surface area contributed by atoms with Gasteiger partial charge in [-0.25, -0.2) is 4.39 Å². The lowest BCUT2D eigenvalue weighted by molar-refractivity contribution is 0.0527. The molecular formula is C29H41FN2O3. The van der Waals surface area contributed by atoms with Crippen molar-refractivity contribution >= 4 is 5.69 Å². The summed E-state index contributed by atoms with van der Waals surface area (Å²) in [4.78, 5) is 4.77. The average molecular weight is 485 g/mol. The number of hydrogen-bond acceptors (Lipinski definition) is 5. The Bertz CT molecular complexity index is 926. The van der Waals surface area contributed by atoms with Gasteiger partial charge >= 0.3 is 0 Å². The second-order valence-electron chi connectivity index (χ2n) is 10.1. The molecular weight excluding hydrogens is 443 g/mol. The molecule has 1 saturated carbocycles. The lowest BCUT2D eigenvalue weighted by Gasteiger charge is -2.38. The fourth-order valence-corrected chi connectivity index (χ4v) is 5.94. The fourth-order valence-electron chi connectivity index (χ4n) is 5.94. The third-order valence-corrected chi connectivity index (χ3v) is 7.91. The molecule has 0 radical (unpaired) electrons. The highest BCUT2D eigenvalue weighted by atomic mass is 19.1. The first kappa shape index (κ1) is 25.9. The molecule has 4 rings (SSSR count). The largest absolute Gasteiger partial charge is 0.494 e. The highest BCUT2D eigenvalue weighted by Gasteiger charge is 2.32. The van der Waals surface area contributed by atoms with E-state index < -0.39 is 0 Å². The summed E-state index contributed by atoms with van der Waals surface area (Å²) in [6, 6.07) is 13.2. The number of methoxy groups -OCH3 is 2. The lowest BCUT2D eigenvalue weighted by Crippen LogP contribution is -2.47. The van der Waals surface area contributed by atoms with Crippen molar-refractivity contribution in [3.63, 3.8) is 0 Å². The lowest BCUT2D eigenvalue weighted by atomic mass is 9.76. The van der Waals surface area contributed by atoms with Crippen LogP contribution in [0.1, 0.15) is 55.6 Å². The summed E-state index contributed by atoms with van der Waals surface area (Å²) in [6.45, 7) is 5.14. The van der Waals surface area contributed by atoms with E-state index in [1.807, 2.05) is 6.07 Å². The van der Waals surface area contributed by atoms with Crippen LogP contribution in [0.15, 0.2) is 42.5 Å². The number of aliphatic hydroxyl groups is 1. The first-order valence-corrected chi connectivity index (χ1v) is 13.2. The summed E-state index contributed by atoms with van der Waals surface area (Å²) in [5.41, 5.74) is 3.37. The summed E-state index contributed by atoms with van der Waals surface area (Å²) < 4.78 is 24.5. The van der Waals surface area contributed by atoms with Crippen LogP contribution >= 0.6 is 0 Å². The Labute approximate surface area is 209 Å². The van der Waals surface area contributed by atoms with Crippen molar-refractivity contribution in [1.29, 1.82) is 0 Å². The fraction of sp³-hybridized carbons (Fsp3) is 0.586. The number of halogens is 1. The minimum absolute atomic E-state index is 0.111. The summed E-state index contributed by atoms with van der Waals surface area (Å²) >= 11 is 0. The molecule has 5 nitrogen and oxygen atoms in total. The zero-order valence-corrected chi connectivity index (χ0v) is 21.3. The number of ether oxygens (including phenoxy) is 2. The Morgan fingerprint density at radius 3 is 2.46 bits per heavy atom. The molecule has 0 aromatic heterocycles. The number of benzene rings is 2. The van der Waals surface area contributed by atoms with Gasteiger partial charge in [-0.05, 0) is 55.0 Å². The van der Waals surface area contributed by atoms with E-state index in [9.17, 15) is 9.50 Å². The van der Waals surface area contributed by atoms with Crippen LogP contribution in [-0.2, 0) is 11.3 Å². The van der Waals surface area contributed by atoms with Crippen LogP contribution < -0.4 is 9.64 Å². The number of rotatable bonds is 10. The van der Waals surface area contributed by atoms with Crippen molar-refractivity contribution in [1.82, 2.24) is 4.90 Å². The third kappa shape index (κ3) is 6.54. The molecule has 2 aliphatic rings. The molecule has 192 valence electrons. The standard InChI is InChI=1S/C29H41FN2O3/c1-34-21-23-10-6-7-11-25(23)26(29(33)22-8-4-3-5-9-22)14-15-31-16-18-32(19-17-31)27-13-12-24(30)20-28(27)35-2/h6-7,10-13,20,22,26,29,33H,3-5,8-9,14-19,21H2,1-2H3. The molecule has 2 fully saturated rings. The van der Waals surface area contributed by atoms with Gasteiger partial charge in [0.15, 0.2) is 0 Å². The summed E-state index contributed by atoms with van der Waals surface area (Å²) in [5, 5.41) is 11.6. The molecule has 1 aliphatic heterocycles. The molecule has 6 heteroatoms. The first-order chi connectivity index (χ1) is 17.1. The maximum absolute atomic E-state index is 13.6. The molecule has 2 unspecified atom stereocenters. The molecule has 0 amide bonds. The van der Waals surface area contributed by atoms with Crippen LogP contribution in [-0.4, -0.2) is 63.1 Å². The molecule has 35 heavy (non-hydrogen) atoms. The van der Waals surface area contributed by atoms with E-state index in [0.29, 0.717) is 18.3 Å². The maximum Gasteiger partial charge on any atom is 0.145 e. The molecule has 0 bridgehead atoms. The van der Waals surface area contributed by atoms with Gasteiger partial charge in [-0.3, -0.25) is 4.90 Å². The molecule has 1 aliphatic carbocycles. The SMILES string of the molecule is COCc1ccccc1C(CCN1CCN(c2ccc(F)cc2OC)CC1)C(O)C1CCCCC1. The maximum atomic E-state index is 13.6. The highest BCUT2D eigenvalue weighted by Crippen LogP contribution is 2.37. The van der Waals surface area contributed by atoms with Crippen molar-refractivity contribution < 1.29 is 19.0 Å². The number of nitrogens with zero attached hydrogens (tertiary/aromatic N) is 2. The van der Waals surface area contributed by atoms with Gasteiger partial charge in [0.1, 0.15) is 11.6 Å². The van der Waals surface area contributed by atoms with Crippen LogP contribution in [0.25, 0.3) is 0 Å². The number of anilines is 1. The topological polar surface area (TPSA) is 45.2 Å². The molecule has 1 N–H and O–H groups in total. The summed E-state index contributed by atoms with van der Waals surface area (Å²) in [6.07, 6.45) is 6.60. The molecule has 1 saturated heterocycles. The zero-order valence-electron chi connectivity index (χ0n) is 21.3. The van der Waals surface area contributed by atoms with Crippen molar-refractivity contribution in [2.24, 2.45) is 5.92 Å². The van der Waals surface area contributed by atoms with E-state index in [-0.39, 0.29) is 17.8 Å². The van der Waals surface area contributed by atoms with Gasteiger partial charge in [-0.2, -0.15) is 0 Å². The Morgan fingerprint density at radius 2 is 1.74 bits per heavy atom. The van der Waals surface area contributed by atoms with Crippen molar-refractivity contribution in [2.45, 2.75) is 57.2 Å². The van der Waals surface area contributed by atoms with E-state index in [4.69, 9.17) is 9.47 Å². The zero-order chi connectivity index (χ0) is 24.6. The van der Waals surface area contributed by atoms with Gasteiger partial charge < -0.3 is 19.5 Å². The third-order valence-electron chi connectivity index (χ3n) is 7.91. The summed E-state index contributed by atoms with van der Waals surface area (Å²) in [5.74, 6) is 0.802. The van der Waals surface area contributed by atoms with Crippen molar-refractivity contribution in [3.8, 4) is 5.75 Å². The van der Waals surface area contributed by atoms with E-state index in [1.54, 1.807) is 14.2 Å². The number of hydrogen-bond donors (Lipinski definition) is 1. The minimum atomic E-state index is -0.321. The van der Waals surface area contributed by atoms with E-state index in [1.165, 1.54) is 42.5 Å². The van der Waals surface area contributed by atoms with Crippen LogP contribution in [0.2, 0.25) is 0 Å². The Balaban J connectivity index is 1.42. The van der Waals surface area contributed by atoms with E-state index in [2.05, 4.69) is 34.1 Å². The van der Waals surface area contributed by atoms with Crippen molar-refractivity contribution in [3.05, 3.63) is 59.4 Å². The number of aliphatic hydroxyl groups excluding tert-OH is 1. The van der Waals surface area contributed by atoms with Gasteiger partial charge in [0.25, 0.3) is 0 Å². The molecule has 2 aromatic rings. The van der Waals surface area contributed by atoms with Crippen LogP contribution in [0.4, 0.5) is 10.1 Å². The van der Waals surface area contributed by atoms with Crippen LogP contribution in [0, 0.1) is 11.7 Å². The summed E-state index contributed by atoms with van der Waals surface area (Å²) in [7, 11) is 3.33. The predicted molar refractivity (Wildman–Crippen MR) is 139 cm³/mol. The highest BCUT2D eigenvalue weighted by molar-refractivity contribution is 5.59. The smallest absolute Gasteiger partial charge is 0.145 e. The van der Waals surface area contributed by atoms with E-state index in [0.717, 1.165) is 57.7 Å². The first-order valence-electron chi connectivity index (χ1n) is 13.2. The van der Waals surface area contributed by atoms with Gasteiger partial charge in [0.2, 0.25) is 0 Å². The van der Waals surface area contributed by atoms with E-state index >= 15 is 0 Å². The molecule has 1 heterocycles. The van der Waals surface area contributed by atoms with Gasteiger partial charge in [-0.15, -0.1) is 0 Å². The van der Waals surface area contributed by atoms with Crippen molar-refractivity contribution in [2.75, 3.05) is 51.8 Å². The minimum Gasteiger partial charge on any atom is -0.494 e. The number of piperazine rings is 1. The van der Waals surface area contributed by atoms with Crippen LogP contribution in [0.5, 0.6) is 5.75 Å². The molecule has 0 spiro atoms. The van der Waals surface area contributed by atoms with Gasteiger partial charge in [0.05, 0.1) is 25.5 Å². The molecule has 2 aromatic carbocycles. The van der Waals surface area contributed by atoms with Crippen LogP contribution in [0.3, 0.4) is 0 Å². The quantitative estimate of drug-likeness (QED) is 0.501. The Morgan fingerprint density at radius 1 is 1.00 bits per heavy atom. The second kappa shape index (κ2) is 12.7. The predicted octanol–water partition coefficient (Wildman–Crippen LogP) is 5.22. The Hall–Kier alpha value is -2.15. The Kier molecular flexibility index (Phi) is 9.41. The monoisotopic (exact) mass is 484 g/mol. The van der Waals surface area contributed by atoms with Gasteiger partial charge in [-0.1, -0.05) is 43.5 Å². The van der Waals surface area contributed by atoms with Gasteiger partial charge in [0, 0.05) is 45.3 Å².